The first-order valence-corrected chi connectivity index (χ1v) is 3.68. The fraction of sp³-hybridized carbons (Fsp3) is 1.00. The second-order valence-corrected chi connectivity index (χ2v) is 3.02. The molecule has 1 saturated carbocycles. The Kier molecular flexibility index (Phi) is 1.24. The van der Waals surface area contributed by atoms with Crippen LogP contribution in [0.25, 0.3) is 0 Å². The van der Waals surface area contributed by atoms with Gasteiger partial charge in [0.2, 0.25) is 0 Å². The number of hydrogen-bond acceptors (Lipinski definition) is 2. The van der Waals surface area contributed by atoms with Crippen LogP contribution in [0.5, 0.6) is 0 Å². The van der Waals surface area contributed by atoms with Gasteiger partial charge < -0.3 is 10.1 Å². The quantitative estimate of drug-likeness (QED) is 0.550. The van der Waals surface area contributed by atoms with Crippen molar-refractivity contribution in [2.75, 3.05) is 13.7 Å². The highest BCUT2D eigenvalue weighted by molar-refractivity contribution is 4.99. The zero-order valence-corrected chi connectivity index (χ0v) is 5.76. The third kappa shape index (κ3) is 0.700. The average Bonchev–Trinajstić information content (AvgIpc) is 2.14. The Balaban J connectivity index is 1.93. The number of nitrogens with one attached hydrogen (secondary N) is 1. The highest BCUT2D eigenvalue weighted by Crippen LogP contribution is 2.36. The molecule has 1 saturated heterocycles. The Morgan fingerprint density at radius 2 is 2.44 bits per heavy atom. The van der Waals surface area contributed by atoms with Gasteiger partial charge in [0.05, 0.1) is 6.10 Å². The molecule has 2 nitrogen and oxygen atoms in total. The Labute approximate surface area is 55.6 Å². The van der Waals surface area contributed by atoms with E-state index in [0.717, 1.165) is 12.0 Å². The molecule has 0 radical (unpaired) electrons. The molecule has 0 aromatic rings. The van der Waals surface area contributed by atoms with Crippen molar-refractivity contribution < 1.29 is 4.74 Å². The fourth-order valence-electron chi connectivity index (χ4n) is 1.99. The largest absolute Gasteiger partial charge is 0.381 e. The smallest absolute Gasteiger partial charge is 0.0629 e. The average molecular weight is 127 g/mol. The van der Waals surface area contributed by atoms with Crippen LogP contribution >= 0.6 is 0 Å². The minimum atomic E-state index is 0.574. The highest BCUT2D eigenvalue weighted by atomic mass is 16.5. The normalized spacial score (nSPS) is 48.3. The second-order valence-electron chi connectivity index (χ2n) is 3.02. The van der Waals surface area contributed by atoms with Crippen molar-refractivity contribution in [1.29, 1.82) is 0 Å². The van der Waals surface area contributed by atoms with E-state index in [9.17, 15) is 0 Å². The zero-order chi connectivity index (χ0) is 6.27. The number of ether oxygens (including phenoxy) is 1. The predicted molar refractivity (Wildman–Crippen MR) is 35.3 cm³/mol. The van der Waals surface area contributed by atoms with Crippen molar-refractivity contribution in [2.45, 2.75) is 25.0 Å². The van der Waals surface area contributed by atoms with Gasteiger partial charge in [0, 0.05) is 19.1 Å². The minimum absolute atomic E-state index is 0.574. The summed E-state index contributed by atoms with van der Waals surface area (Å²) < 4.78 is 5.26. The molecule has 9 heavy (non-hydrogen) atoms. The maximum atomic E-state index is 5.26. The lowest BCUT2D eigenvalue weighted by molar-refractivity contribution is -0.0247. The molecule has 1 N–H and O–H groups in total. The molecule has 1 heterocycles. The maximum absolute atomic E-state index is 5.26. The molecule has 52 valence electrons. The summed E-state index contributed by atoms with van der Waals surface area (Å²) in [6.07, 6.45) is 3.13. The predicted octanol–water partition coefficient (Wildman–Crippen LogP) is 0.383. The van der Waals surface area contributed by atoms with Gasteiger partial charge in [-0.1, -0.05) is 0 Å². The topological polar surface area (TPSA) is 21.3 Å². The highest BCUT2D eigenvalue weighted by Gasteiger charge is 2.43. The molecule has 2 aliphatic rings. The van der Waals surface area contributed by atoms with Gasteiger partial charge >= 0.3 is 0 Å². The van der Waals surface area contributed by atoms with Gasteiger partial charge in [-0.05, 0) is 19.4 Å². The van der Waals surface area contributed by atoms with E-state index in [1.807, 2.05) is 7.11 Å². The molecule has 0 bridgehead atoms. The molecule has 2 heteroatoms. The van der Waals surface area contributed by atoms with E-state index in [4.69, 9.17) is 4.74 Å². The first-order chi connectivity index (χ1) is 4.42. The molecule has 0 spiro atoms. The summed E-state index contributed by atoms with van der Waals surface area (Å²) >= 11 is 0. The van der Waals surface area contributed by atoms with Crippen LogP contribution in [-0.4, -0.2) is 25.8 Å². The Bertz CT molecular complexity index is 115. The van der Waals surface area contributed by atoms with Crippen LogP contribution in [0.3, 0.4) is 0 Å². The number of fused-ring (bicyclic) bond motifs is 1. The van der Waals surface area contributed by atoms with Crippen LogP contribution in [0, 0.1) is 5.92 Å². The molecular weight excluding hydrogens is 114 g/mol. The van der Waals surface area contributed by atoms with Gasteiger partial charge in [-0.25, -0.2) is 0 Å². The van der Waals surface area contributed by atoms with Crippen LogP contribution in [0.4, 0.5) is 0 Å². The van der Waals surface area contributed by atoms with Crippen molar-refractivity contribution in [3.05, 3.63) is 0 Å². The van der Waals surface area contributed by atoms with E-state index < -0.39 is 0 Å². The number of hydrogen-bond donors (Lipinski definition) is 1. The van der Waals surface area contributed by atoms with E-state index in [1.54, 1.807) is 0 Å². The fourth-order valence-corrected chi connectivity index (χ4v) is 1.99. The third-order valence-corrected chi connectivity index (χ3v) is 2.67. The Morgan fingerprint density at radius 3 is 3.11 bits per heavy atom. The molecule has 3 atom stereocenters. The van der Waals surface area contributed by atoms with Crippen LogP contribution in [-0.2, 0) is 4.74 Å². The summed E-state index contributed by atoms with van der Waals surface area (Å²) in [5.74, 6) is 0.843. The lowest BCUT2D eigenvalue weighted by Gasteiger charge is -2.38. The summed E-state index contributed by atoms with van der Waals surface area (Å²) in [6.45, 7) is 1.20. The molecule has 0 aromatic heterocycles. The van der Waals surface area contributed by atoms with Crippen molar-refractivity contribution in [3.63, 3.8) is 0 Å². The van der Waals surface area contributed by atoms with Crippen LogP contribution in [0.2, 0.25) is 0 Å². The van der Waals surface area contributed by atoms with Crippen molar-refractivity contribution in [2.24, 2.45) is 5.92 Å². The van der Waals surface area contributed by atoms with Crippen molar-refractivity contribution >= 4 is 0 Å². The molecule has 2 rings (SSSR count). The maximum Gasteiger partial charge on any atom is 0.0629 e. The van der Waals surface area contributed by atoms with E-state index >= 15 is 0 Å². The molecular formula is C7H13NO. The lowest BCUT2D eigenvalue weighted by atomic mass is 9.77. The standard InChI is InChI=1S/C7H13NO/c1-9-7-4-6-5(7)2-3-8-6/h5-8H,2-4H2,1H3/t5-,6-,7-/m1/s1. The van der Waals surface area contributed by atoms with E-state index in [0.29, 0.717) is 6.10 Å². The Morgan fingerprint density at radius 1 is 1.56 bits per heavy atom. The van der Waals surface area contributed by atoms with Crippen molar-refractivity contribution in [3.8, 4) is 0 Å². The summed E-state index contributed by atoms with van der Waals surface area (Å²) in [4.78, 5) is 0. The summed E-state index contributed by atoms with van der Waals surface area (Å²) in [5, 5.41) is 3.44. The van der Waals surface area contributed by atoms with Gasteiger partial charge in [-0.2, -0.15) is 0 Å². The van der Waals surface area contributed by atoms with Gasteiger partial charge in [-0.3, -0.25) is 0 Å². The van der Waals surface area contributed by atoms with Gasteiger partial charge in [0.1, 0.15) is 0 Å². The molecule has 0 unspecified atom stereocenters. The first kappa shape index (κ1) is 5.69. The van der Waals surface area contributed by atoms with Gasteiger partial charge in [-0.15, -0.1) is 0 Å². The van der Waals surface area contributed by atoms with Crippen LogP contribution < -0.4 is 5.32 Å². The van der Waals surface area contributed by atoms with Crippen molar-refractivity contribution in [1.82, 2.24) is 5.32 Å². The zero-order valence-electron chi connectivity index (χ0n) is 5.76. The van der Waals surface area contributed by atoms with Crippen LogP contribution in [0.1, 0.15) is 12.8 Å². The minimum Gasteiger partial charge on any atom is -0.381 e. The molecule has 0 amide bonds. The second kappa shape index (κ2) is 1.96. The lowest BCUT2D eigenvalue weighted by Crippen LogP contribution is -2.48. The monoisotopic (exact) mass is 127 g/mol. The number of rotatable bonds is 1. The summed E-state index contributed by atoms with van der Waals surface area (Å²) in [5.41, 5.74) is 0. The number of methoxy groups -OCH3 is 1. The SMILES string of the molecule is CO[C@@H]1C[C@H]2NCC[C@H]21. The molecule has 1 aliphatic carbocycles. The Hall–Kier alpha value is -0.0800. The molecule has 0 aromatic carbocycles. The van der Waals surface area contributed by atoms with Gasteiger partial charge in [0.25, 0.3) is 0 Å². The van der Waals surface area contributed by atoms with E-state index in [2.05, 4.69) is 5.32 Å². The summed E-state index contributed by atoms with van der Waals surface area (Å²) in [7, 11) is 1.82. The van der Waals surface area contributed by atoms with Crippen LogP contribution in [0.15, 0.2) is 0 Å². The summed E-state index contributed by atoms with van der Waals surface area (Å²) in [6, 6.07) is 0.801. The van der Waals surface area contributed by atoms with E-state index in [-0.39, 0.29) is 0 Å². The molecule has 2 fully saturated rings. The third-order valence-electron chi connectivity index (χ3n) is 2.67. The molecule has 1 aliphatic heterocycles. The first-order valence-electron chi connectivity index (χ1n) is 3.68. The van der Waals surface area contributed by atoms with E-state index in [1.165, 1.54) is 19.4 Å². The van der Waals surface area contributed by atoms with Gasteiger partial charge in [0.15, 0.2) is 0 Å².